The first-order chi connectivity index (χ1) is 22.2. The van der Waals surface area contributed by atoms with Crippen LogP contribution in [0, 0.1) is 0 Å². The molecule has 4 aromatic rings. The maximum absolute atomic E-state index is 13.7. The zero-order valence-electron chi connectivity index (χ0n) is 28.1. The number of methoxy groups -OCH3 is 1. The molecule has 0 atom stereocenters. The second-order valence-corrected chi connectivity index (χ2v) is 12.8. The number of aromatic nitrogens is 1. The van der Waals surface area contributed by atoms with Crippen molar-refractivity contribution in [3.63, 3.8) is 0 Å². The van der Waals surface area contributed by atoms with E-state index in [4.69, 9.17) is 14.2 Å². The summed E-state index contributed by atoms with van der Waals surface area (Å²) in [5.74, 6) is 0.857. The van der Waals surface area contributed by atoms with E-state index in [1.54, 1.807) is 81.3 Å². The number of anilines is 2. The summed E-state index contributed by atoms with van der Waals surface area (Å²) in [6, 6.07) is 24.8. The number of benzene rings is 3. The second kappa shape index (κ2) is 14.4. The van der Waals surface area contributed by atoms with E-state index in [9.17, 15) is 14.4 Å². The third-order valence-electron chi connectivity index (χ3n) is 7.01. The lowest BCUT2D eigenvalue weighted by Gasteiger charge is -2.33. The molecule has 0 radical (unpaired) electrons. The topological polar surface area (TPSA) is 119 Å². The van der Waals surface area contributed by atoms with Crippen molar-refractivity contribution in [3.05, 3.63) is 90.5 Å². The number of amides is 3. The first kappa shape index (κ1) is 34.5. The fraction of sp³-hybridized carbons (Fsp3) is 0.297. The van der Waals surface area contributed by atoms with Crippen molar-refractivity contribution in [3.8, 4) is 33.9 Å². The summed E-state index contributed by atoms with van der Waals surface area (Å²) in [7, 11) is 1.60. The Morgan fingerprint density at radius 2 is 1.51 bits per heavy atom. The lowest BCUT2D eigenvalue weighted by atomic mass is 9.99. The molecule has 0 aliphatic rings. The molecule has 0 spiro atoms. The van der Waals surface area contributed by atoms with Crippen LogP contribution in [0.1, 0.15) is 58.8 Å². The number of rotatable bonds is 8. The number of carbonyl (C=O) groups excluding carboxylic acids is 3. The minimum absolute atomic E-state index is 0.233. The summed E-state index contributed by atoms with van der Waals surface area (Å²) in [5, 5.41) is 5.63. The maximum atomic E-state index is 13.7. The van der Waals surface area contributed by atoms with Crippen LogP contribution in [0.5, 0.6) is 11.5 Å². The van der Waals surface area contributed by atoms with Gasteiger partial charge in [-0.2, -0.15) is 0 Å². The van der Waals surface area contributed by atoms with E-state index in [1.165, 1.54) is 0 Å². The van der Waals surface area contributed by atoms with Gasteiger partial charge in [0.05, 0.1) is 12.8 Å². The summed E-state index contributed by atoms with van der Waals surface area (Å²) in [5.41, 5.74) is 2.18. The average molecular weight is 639 g/mol. The number of nitrogens with one attached hydrogen (secondary N) is 2. The summed E-state index contributed by atoms with van der Waals surface area (Å²) in [6.45, 7) is 13.4. The third-order valence-corrected chi connectivity index (χ3v) is 7.01. The van der Waals surface area contributed by atoms with Gasteiger partial charge in [0, 0.05) is 28.9 Å². The van der Waals surface area contributed by atoms with Crippen LogP contribution in [0.2, 0.25) is 0 Å². The van der Waals surface area contributed by atoms with E-state index in [2.05, 4.69) is 15.6 Å². The van der Waals surface area contributed by atoms with Crippen LogP contribution in [0.4, 0.5) is 21.1 Å². The predicted molar refractivity (Wildman–Crippen MR) is 184 cm³/mol. The van der Waals surface area contributed by atoms with Crippen LogP contribution in [0.25, 0.3) is 22.4 Å². The van der Waals surface area contributed by atoms with Crippen LogP contribution in [0.3, 0.4) is 0 Å². The van der Waals surface area contributed by atoms with Gasteiger partial charge in [-0.15, -0.1) is 0 Å². The fourth-order valence-electron chi connectivity index (χ4n) is 4.89. The van der Waals surface area contributed by atoms with Crippen LogP contribution in [-0.4, -0.2) is 52.8 Å². The minimum Gasteiger partial charge on any atom is -0.497 e. The van der Waals surface area contributed by atoms with Crippen LogP contribution in [0.15, 0.2) is 84.9 Å². The zero-order chi connectivity index (χ0) is 34.4. The number of nitrogens with zero attached hydrogens (tertiary/aromatic N) is 2. The molecule has 0 aliphatic carbocycles. The van der Waals surface area contributed by atoms with Gasteiger partial charge in [-0.3, -0.25) is 10.1 Å². The normalized spacial score (nSPS) is 11.3. The Balaban J connectivity index is 1.70. The monoisotopic (exact) mass is 638 g/mol. The van der Waals surface area contributed by atoms with Gasteiger partial charge in [0.25, 0.3) is 5.91 Å². The van der Waals surface area contributed by atoms with E-state index in [0.717, 1.165) is 11.1 Å². The Kier molecular flexibility index (Phi) is 10.5. The molecule has 0 saturated heterocycles. The van der Waals surface area contributed by atoms with Crippen molar-refractivity contribution in [2.24, 2.45) is 0 Å². The lowest BCUT2D eigenvalue weighted by Crippen LogP contribution is -2.46. The Morgan fingerprint density at radius 1 is 0.809 bits per heavy atom. The molecule has 10 heteroatoms. The van der Waals surface area contributed by atoms with Crippen molar-refractivity contribution < 1.29 is 28.6 Å². The fourth-order valence-corrected chi connectivity index (χ4v) is 4.89. The summed E-state index contributed by atoms with van der Waals surface area (Å²) in [4.78, 5) is 45.6. The minimum atomic E-state index is -0.695. The van der Waals surface area contributed by atoms with Gasteiger partial charge >= 0.3 is 12.2 Å². The smallest absolute Gasteiger partial charge is 0.415 e. The Morgan fingerprint density at radius 3 is 2.15 bits per heavy atom. The molecule has 4 rings (SSSR count). The quantitative estimate of drug-likeness (QED) is 0.198. The number of hydrogen-bond acceptors (Lipinski definition) is 7. The average Bonchev–Trinajstić information content (AvgIpc) is 3.00. The molecule has 246 valence electrons. The molecule has 0 unspecified atom stereocenters. The van der Waals surface area contributed by atoms with Gasteiger partial charge in [0.1, 0.15) is 22.9 Å². The third kappa shape index (κ3) is 9.09. The molecule has 2 N–H and O–H groups in total. The largest absolute Gasteiger partial charge is 0.497 e. The van der Waals surface area contributed by atoms with Crippen molar-refractivity contribution in [2.75, 3.05) is 24.3 Å². The Bertz CT molecular complexity index is 1740. The molecular formula is C37H42N4O6. The lowest BCUT2D eigenvalue weighted by molar-refractivity contribution is 0.0635. The van der Waals surface area contributed by atoms with E-state index >= 15 is 0 Å². The molecule has 0 aliphatic heterocycles. The van der Waals surface area contributed by atoms with Gasteiger partial charge in [-0.25, -0.2) is 14.6 Å². The SMILES string of the molecule is CCN(C(=O)Oc1ccc(NC(=O)c2ccccc2-c2ccc(OC)cc2)cc1-c1cccc(NC(=O)OC(C)(C)C)n1)C(C)(C)C. The van der Waals surface area contributed by atoms with Gasteiger partial charge in [0.2, 0.25) is 0 Å². The molecule has 0 saturated carbocycles. The standard InChI is InChI=1S/C37H42N4O6/c1-9-41(36(2,3)4)35(44)46-31-22-19-25(23-29(31)30-15-12-16-32(39-30)40-34(43)47-37(5,6)7)38-33(42)28-14-11-10-13-27(28)24-17-20-26(45-8)21-18-24/h10-23H,9H2,1-8H3,(H,38,42)(H,39,40,43). The molecule has 3 amide bonds. The van der Waals surface area contributed by atoms with Gasteiger partial charge in [0.15, 0.2) is 0 Å². The first-order valence-corrected chi connectivity index (χ1v) is 15.3. The zero-order valence-corrected chi connectivity index (χ0v) is 28.1. The summed E-state index contributed by atoms with van der Waals surface area (Å²) in [6.07, 6.45) is -1.19. The number of pyridine rings is 1. The molecule has 0 bridgehead atoms. The van der Waals surface area contributed by atoms with Gasteiger partial charge in [-0.05, 0) is 108 Å². The molecule has 10 nitrogen and oxygen atoms in total. The van der Waals surface area contributed by atoms with Crippen molar-refractivity contribution in [1.82, 2.24) is 9.88 Å². The van der Waals surface area contributed by atoms with E-state index in [0.29, 0.717) is 34.8 Å². The van der Waals surface area contributed by atoms with E-state index in [-0.39, 0.29) is 17.5 Å². The number of carbonyl (C=O) groups is 3. The van der Waals surface area contributed by atoms with Crippen molar-refractivity contribution in [1.29, 1.82) is 0 Å². The van der Waals surface area contributed by atoms with E-state index in [1.807, 2.05) is 64.1 Å². The highest BCUT2D eigenvalue weighted by Gasteiger charge is 2.28. The molecule has 1 heterocycles. The van der Waals surface area contributed by atoms with Gasteiger partial charge < -0.3 is 24.4 Å². The van der Waals surface area contributed by atoms with Crippen LogP contribution >= 0.6 is 0 Å². The second-order valence-electron chi connectivity index (χ2n) is 12.8. The highest BCUT2D eigenvalue weighted by Crippen LogP contribution is 2.34. The summed E-state index contributed by atoms with van der Waals surface area (Å²) >= 11 is 0. The molecule has 47 heavy (non-hydrogen) atoms. The first-order valence-electron chi connectivity index (χ1n) is 15.3. The molecule has 1 aromatic heterocycles. The van der Waals surface area contributed by atoms with E-state index < -0.39 is 23.3 Å². The molecule has 3 aromatic carbocycles. The van der Waals surface area contributed by atoms with Gasteiger partial charge in [-0.1, -0.05) is 36.4 Å². The number of hydrogen-bond donors (Lipinski definition) is 2. The Hall–Kier alpha value is -5.38. The summed E-state index contributed by atoms with van der Waals surface area (Å²) < 4.78 is 16.6. The molecular weight excluding hydrogens is 596 g/mol. The van der Waals surface area contributed by atoms with Crippen LogP contribution < -0.4 is 20.1 Å². The number of ether oxygens (including phenoxy) is 3. The van der Waals surface area contributed by atoms with Crippen LogP contribution in [-0.2, 0) is 4.74 Å². The Labute approximate surface area is 276 Å². The predicted octanol–water partition coefficient (Wildman–Crippen LogP) is 8.64. The molecule has 0 fully saturated rings. The maximum Gasteiger partial charge on any atom is 0.415 e. The highest BCUT2D eigenvalue weighted by molar-refractivity contribution is 6.09. The van der Waals surface area contributed by atoms with Crippen molar-refractivity contribution >= 4 is 29.6 Å². The highest BCUT2D eigenvalue weighted by atomic mass is 16.6. The van der Waals surface area contributed by atoms with Crippen molar-refractivity contribution in [2.45, 2.75) is 59.6 Å².